The molecule has 0 atom stereocenters. The lowest BCUT2D eigenvalue weighted by molar-refractivity contribution is 0.585. The lowest BCUT2D eigenvalue weighted by atomic mass is 10.3. The molecule has 1 aliphatic heterocycles. The van der Waals surface area contributed by atoms with E-state index < -0.39 is 0 Å². The van der Waals surface area contributed by atoms with Gasteiger partial charge in [-0.25, -0.2) is 15.0 Å². The number of nitrogens with one attached hydrogen (secondary N) is 2. The molecule has 0 radical (unpaired) electrons. The van der Waals surface area contributed by atoms with E-state index in [9.17, 15) is 0 Å². The Bertz CT molecular complexity index is 1060. The fourth-order valence-electron chi connectivity index (χ4n) is 3.26. The Balaban J connectivity index is 0.000000230. The third-order valence-electron chi connectivity index (χ3n) is 4.85. The molecule has 1 fully saturated rings. The summed E-state index contributed by atoms with van der Waals surface area (Å²) < 4.78 is 3.84. The standard InChI is InChI=1S/C15H17N7.C6H10N2/c1-2-13(21-7-3-16-4-8-21)19-11-12(1)20-14-15-18-6-10-22(15)9-5-17-14;1-3-8-5-6(2)4-7-8/h1-2,5-6,9-11,16H,3-4,7-8H2,(H,17,20);4-5H,3H2,1-2H3. The second kappa shape index (κ2) is 9.36. The number of hydrogen-bond donors (Lipinski definition) is 2. The second-order valence-electron chi connectivity index (χ2n) is 7.07. The maximum Gasteiger partial charge on any atom is 0.180 e. The Hall–Kier alpha value is -3.46. The van der Waals surface area contributed by atoms with Crippen LogP contribution >= 0.6 is 0 Å². The summed E-state index contributed by atoms with van der Waals surface area (Å²) in [6.07, 6.45) is 13.0. The molecule has 1 saturated heterocycles. The highest BCUT2D eigenvalue weighted by molar-refractivity contribution is 5.69. The predicted molar refractivity (Wildman–Crippen MR) is 118 cm³/mol. The number of aromatic nitrogens is 6. The maximum atomic E-state index is 4.55. The van der Waals surface area contributed by atoms with Crippen LogP contribution in [0.25, 0.3) is 5.65 Å². The highest BCUT2D eigenvalue weighted by Gasteiger charge is 2.11. The minimum absolute atomic E-state index is 0.726. The molecule has 9 heteroatoms. The van der Waals surface area contributed by atoms with Gasteiger partial charge in [-0.1, -0.05) is 0 Å². The molecule has 5 heterocycles. The van der Waals surface area contributed by atoms with Crippen LogP contribution in [0.15, 0.2) is 55.5 Å². The van der Waals surface area contributed by atoms with Crippen LogP contribution in [0.1, 0.15) is 12.5 Å². The van der Waals surface area contributed by atoms with Crippen LogP contribution in [0.3, 0.4) is 0 Å². The van der Waals surface area contributed by atoms with Crippen LogP contribution in [-0.2, 0) is 6.54 Å². The van der Waals surface area contributed by atoms with Gasteiger partial charge in [0.2, 0.25) is 0 Å². The van der Waals surface area contributed by atoms with E-state index in [1.807, 2.05) is 59.1 Å². The number of piperazine rings is 1. The van der Waals surface area contributed by atoms with Crippen molar-refractivity contribution in [2.45, 2.75) is 20.4 Å². The fraction of sp³-hybridized carbons (Fsp3) is 0.333. The number of rotatable bonds is 4. The van der Waals surface area contributed by atoms with Crippen LogP contribution in [0, 0.1) is 6.92 Å². The van der Waals surface area contributed by atoms with Gasteiger partial charge in [-0.15, -0.1) is 0 Å². The van der Waals surface area contributed by atoms with Crippen molar-refractivity contribution < 1.29 is 0 Å². The van der Waals surface area contributed by atoms with Crippen molar-refractivity contribution in [1.29, 1.82) is 0 Å². The van der Waals surface area contributed by atoms with E-state index in [-0.39, 0.29) is 0 Å². The van der Waals surface area contributed by atoms with Crippen LogP contribution in [0.5, 0.6) is 0 Å². The fourth-order valence-corrected chi connectivity index (χ4v) is 3.26. The first-order valence-electron chi connectivity index (χ1n) is 10.2. The van der Waals surface area contributed by atoms with Gasteiger partial charge in [-0.3, -0.25) is 4.68 Å². The molecule has 9 nitrogen and oxygen atoms in total. The average molecular weight is 406 g/mol. The molecule has 30 heavy (non-hydrogen) atoms. The highest BCUT2D eigenvalue weighted by atomic mass is 15.3. The topological polar surface area (TPSA) is 88.2 Å². The molecule has 0 saturated carbocycles. The summed E-state index contributed by atoms with van der Waals surface area (Å²) in [5, 5.41) is 10.7. The second-order valence-corrected chi connectivity index (χ2v) is 7.07. The van der Waals surface area contributed by atoms with E-state index in [0.717, 1.165) is 55.7 Å². The quantitative estimate of drug-likeness (QED) is 0.539. The molecule has 0 aromatic carbocycles. The largest absolute Gasteiger partial charge is 0.354 e. The first-order chi connectivity index (χ1) is 14.7. The van der Waals surface area contributed by atoms with Crippen molar-refractivity contribution in [2.24, 2.45) is 0 Å². The lowest BCUT2D eigenvalue weighted by Crippen LogP contribution is -2.43. The van der Waals surface area contributed by atoms with Gasteiger partial charge < -0.3 is 19.9 Å². The van der Waals surface area contributed by atoms with Gasteiger partial charge in [-0.2, -0.15) is 5.10 Å². The van der Waals surface area contributed by atoms with Crippen LogP contribution in [-0.4, -0.2) is 55.3 Å². The molecule has 4 aromatic heterocycles. The maximum absolute atomic E-state index is 4.55. The number of anilines is 3. The SMILES string of the molecule is CCn1cc(C)cn1.c1cn2ccnc2c(Nc2ccc(N3CCNCC3)nc2)n1. The summed E-state index contributed by atoms with van der Waals surface area (Å²) in [6.45, 7) is 9.09. The Morgan fingerprint density at radius 1 is 1.03 bits per heavy atom. The molecule has 0 spiro atoms. The van der Waals surface area contributed by atoms with Crippen LogP contribution in [0.2, 0.25) is 0 Å². The van der Waals surface area contributed by atoms with Gasteiger partial charge >= 0.3 is 0 Å². The first kappa shape index (κ1) is 19.8. The zero-order valence-electron chi connectivity index (χ0n) is 17.4. The van der Waals surface area contributed by atoms with Gasteiger partial charge in [0.05, 0.1) is 18.1 Å². The number of imidazole rings is 1. The van der Waals surface area contributed by atoms with Crippen molar-refractivity contribution in [3.63, 3.8) is 0 Å². The third kappa shape index (κ3) is 4.74. The first-order valence-corrected chi connectivity index (χ1v) is 10.2. The summed E-state index contributed by atoms with van der Waals surface area (Å²) in [7, 11) is 0. The summed E-state index contributed by atoms with van der Waals surface area (Å²) in [6, 6.07) is 4.07. The van der Waals surface area contributed by atoms with E-state index in [2.05, 4.69) is 42.5 Å². The zero-order chi connectivity index (χ0) is 20.8. The van der Waals surface area contributed by atoms with E-state index >= 15 is 0 Å². The van der Waals surface area contributed by atoms with Gasteiger partial charge in [0, 0.05) is 63.7 Å². The molecule has 1 aliphatic rings. The van der Waals surface area contributed by atoms with Crippen LogP contribution < -0.4 is 15.5 Å². The van der Waals surface area contributed by atoms with Crippen molar-refractivity contribution in [2.75, 3.05) is 36.4 Å². The molecule has 0 aliphatic carbocycles. The Kier molecular flexibility index (Phi) is 6.19. The third-order valence-corrected chi connectivity index (χ3v) is 4.85. The Morgan fingerprint density at radius 2 is 1.83 bits per heavy atom. The van der Waals surface area contributed by atoms with E-state index in [4.69, 9.17) is 0 Å². The Labute approximate surface area is 175 Å². The van der Waals surface area contributed by atoms with Gasteiger partial charge in [0.1, 0.15) is 5.82 Å². The lowest BCUT2D eigenvalue weighted by Gasteiger charge is -2.28. The summed E-state index contributed by atoms with van der Waals surface area (Å²) >= 11 is 0. The average Bonchev–Trinajstić information content (AvgIpc) is 3.45. The summed E-state index contributed by atoms with van der Waals surface area (Å²) in [5.74, 6) is 1.74. The molecular weight excluding hydrogens is 378 g/mol. The van der Waals surface area contributed by atoms with E-state index in [1.165, 1.54) is 5.56 Å². The van der Waals surface area contributed by atoms with Gasteiger partial charge in [0.25, 0.3) is 0 Å². The van der Waals surface area contributed by atoms with Gasteiger partial charge in [-0.05, 0) is 31.5 Å². The Morgan fingerprint density at radius 3 is 2.47 bits per heavy atom. The zero-order valence-corrected chi connectivity index (χ0v) is 17.4. The molecule has 5 rings (SSSR count). The molecule has 0 unspecified atom stereocenters. The number of pyridine rings is 1. The van der Waals surface area contributed by atoms with Crippen molar-refractivity contribution in [3.8, 4) is 0 Å². The van der Waals surface area contributed by atoms with E-state index in [0.29, 0.717) is 0 Å². The number of nitrogens with zero attached hydrogens (tertiary/aromatic N) is 7. The molecule has 4 aromatic rings. The minimum atomic E-state index is 0.726. The number of fused-ring (bicyclic) bond motifs is 1. The molecule has 2 N–H and O–H groups in total. The highest BCUT2D eigenvalue weighted by Crippen LogP contribution is 2.20. The molecular formula is C21H27N9. The number of hydrogen-bond acceptors (Lipinski definition) is 7. The smallest absolute Gasteiger partial charge is 0.180 e. The van der Waals surface area contributed by atoms with Gasteiger partial charge in [0.15, 0.2) is 11.5 Å². The molecule has 0 bridgehead atoms. The van der Waals surface area contributed by atoms with Crippen molar-refractivity contribution in [1.82, 2.24) is 34.4 Å². The summed E-state index contributed by atoms with van der Waals surface area (Å²) in [4.78, 5) is 15.5. The summed E-state index contributed by atoms with van der Waals surface area (Å²) in [5.41, 5.74) is 2.93. The molecule has 0 amide bonds. The van der Waals surface area contributed by atoms with E-state index in [1.54, 1.807) is 12.4 Å². The molecule has 156 valence electrons. The predicted octanol–water partition coefficient (Wildman–Crippen LogP) is 2.49. The van der Waals surface area contributed by atoms with Crippen molar-refractivity contribution in [3.05, 3.63) is 61.1 Å². The van der Waals surface area contributed by atoms with Crippen molar-refractivity contribution >= 4 is 23.0 Å². The van der Waals surface area contributed by atoms with Crippen LogP contribution in [0.4, 0.5) is 17.3 Å². The number of aryl methyl sites for hydroxylation is 2. The minimum Gasteiger partial charge on any atom is -0.354 e. The normalized spacial score (nSPS) is 13.7. The monoisotopic (exact) mass is 405 g/mol.